The monoisotopic (exact) mass is 196 g/mol. The van der Waals surface area contributed by atoms with Crippen molar-refractivity contribution < 1.29 is 0 Å². The smallest absolute Gasteiger partial charge is 0.0114 e. The molecule has 1 aromatic carbocycles. The molecule has 0 aliphatic carbocycles. The first-order valence-corrected chi connectivity index (χ1v) is 7.73. The largest absolute Gasteiger partial charge is 0.249 e. The van der Waals surface area contributed by atoms with E-state index in [9.17, 15) is 0 Å². The third-order valence-corrected chi connectivity index (χ3v) is 3.62. The van der Waals surface area contributed by atoms with E-state index >= 15 is 0 Å². The molecule has 1 atom stereocenters. The van der Waals surface area contributed by atoms with Crippen LogP contribution in [-0.2, 0) is 0 Å². The quantitative estimate of drug-likeness (QED) is 0.694. The van der Waals surface area contributed by atoms with Crippen LogP contribution >= 0.6 is 10.0 Å². The predicted octanol–water partition coefficient (Wildman–Crippen LogP) is 3.48. The van der Waals surface area contributed by atoms with Gasteiger partial charge in [-0.15, -0.1) is 0 Å². The summed E-state index contributed by atoms with van der Waals surface area (Å²) in [6, 6.07) is 10.8. The number of benzene rings is 1. The molecule has 1 heteroatoms. The van der Waals surface area contributed by atoms with Crippen LogP contribution in [0.3, 0.4) is 0 Å². The molecule has 0 bridgehead atoms. The zero-order valence-corrected chi connectivity index (χ0v) is 9.90. The molecular weight excluding hydrogens is 176 g/mol. The van der Waals surface area contributed by atoms with Crippen LogP contribution in [0.15, 0.2) is 30.3 Å². The first-order chi connectivity index (χ1) is 5.99. The molecule has 0 N–H and O–H groups in total. The van der Waals surface area contributed by atoms with Gasteiger partial charge in [0.05, 0.1) is 0 Å². The number of hydrogen-bond donors (Lipinski definition) is 0. The maximum atomic E-state index is 2.38. The van der Waals surface area contributed by atoms with E-state index in [4.69, 9.17) is 0 Å². The van der Waals surface area contributed by atoms with Crippen LogP contribution in [0.25, 0.3) is 0 Å². The van der Waals surface area contributed by atoms with Gasteiger partial charge in [-0.2, -0.15) is 0 Å². The zero-order chi connectivity index (χ0) is 9.90. The van der Waals surface area contributed by atoms with Crippen LogP contribution in [0.4, 0.5) is 0 Å². The highest BCUT2D eigenvalue weighted by Gasteiger charge is 2.11. The van der Waals surface area contributed by atoms with E-state index in [1.807, 2.05) is 0 Å². The minimum absolute atomic E-state index is 0.372. The first kappa shape index (κ1) is 10.6. The molecule has 0 fully saturated rings. The Balaban J connectivity index is 2.64. The Bertz CT molecular complexity index is 246. The van der Waals surface area contributed by atoms with Crippen molar-refractivity contribution in [2.75, 3.05) is 24.5 Å². The highest BCUT2D eigenvalue weighted by molar-refractivity contribution is 8.32. The summed E-state index contributed by atoms with van der Waals surface area (Å²) < 4.78 is 0. The molecule has 0 saturated heterocycles. The summed E-state index contributed by atoms with van der Waals surface area (Å²) in [5.74, 6) is 2.04. The van der Waals surface area contributed by atoms with Gasteiger partial charge in [-0.1, -0.05) is 37.3 Å². The maximum Gasteiger partial charge on any atom is -0.0114 e. The summed E-state index contributed by atoms with van der Waals surface area (Å²) in [6.45, 7) is 2.33. The lowest BCUT2D eigenvalue weighted by molar-refractivity contribution is 0.876. The topological polar surface area (TPSA) is 0 Å². The molecule has 1 aromatic rings. The molecular formula is C12H20S. The molecule has 1 rings (SSSR count). The maximum absolute atomic E-state index is 2.38. The average Bonchev–Trinajstić information content (AvgIpc) is 2.03. The van der Waals surface area contributed by atoms with Crippen LogP contribution in [-0.4, -0.2) is 24.5 Å². The van der Waals surface area contributed by atoms with Crippen molar-refractivity contribution in [3.63, 3.8) is 0 Å². The Morgan fingerprint density at radius 2 is 1.62 bits per heavy atom. The lowest BCUT2D eigenvalue weighted by Gasteiger charge is -2.29. The van der Waals surface area contributed by atoms with Crippen LogP contribution in [0.2, 0.25) is 0 Å². The molecule has 0 aromatic heterocycles. The average molecular weight is 196 g/mol. The van der Waals surface area contributed by atoms with Crippen molar-refractivity contribution >= 4 is 10.0 Å². The Labute approximate surface area is 83.7 Å². The fraction of sp³-hybridized carbons (Fsp3) is 0.500. The third kappa shape index (κ3) is 3.86. The van der Waals surface area contributed by atoms with Gasteiger partial charge in [-0.25, -0.2) is 10.0 Å². The summed E-state index contributed by atoms with van der Waals surface area (Å²) in [4.78, 5) is 0. The Kier molecular flexibility index (Phi) is 3.43. The van der Waals surface area contributed by atoms with Crippen molar-refractivity contribution in [2.24, 2.45) is 0 Å². The van der Waals surface area contributed by atoms with Crippen LogP contribution in [0, 0.1) is 0 Å². The molecule has 0 nitrogen and oxygen atoms in total. The van der Waals surface area contributed by atoms with Crippen LogP contribution in [0.1, 0.15) is 18.4 Å². The number of hydrogen-bond acceptors (Lipinski definition) is 0. The second-order valence-corrected chi connectivity index (χ2v) is 9.08. The van der Waals surface area contributed by atoms with E-state index in [2.05, 4.69) is 56.0 Å². The van der Waals surface area contributed by atoms with Gasteiger partial charge in [0.2, 0.25) is 0 Å². The molecule has 1 unspecified atom stereocenters. The third-order valence-electron chi connectivity index (χ3n) is 2.12. The standard InChI is InChI=1S/C12H20S/c1-11(10-13(2,3)4)12-8-6-5-7-9-12/h5-9,11H,10H2,1-4H3. The molecule has 0 aliphatic rings. The van der Waals surface area contributed by atoms with Gasteiger partial charge < -0.3 is 0 Å². The van der Waals surface area contributed by atoms with E-state index in [1.54, 1.807) is 0 Å². The minimum Gasteiger partial charge on any atom is -0.249 e. The van der Waals surface area contributed by atoms with E-state index in [-0.39, 0.29) is 10.0 Å². The molecule has 0 aliphatic heterocycles. The van der Waals surface area contributed by atoms with Gasteiger partial charge in [-0.05, 0) is 36.0 Å². The lowest BCUT2D eigenvalue weighted by atomic mass is 10.0. The molecule has 0 radical (unpaired) electrons. The summed E-state index contributed by atoms with van der Waals surface area (Å²) >= 11 is 0. The number of rotatable bonds is 3. The van der Waals surface area contributed by atoms with Gasteiger partial charge >= 0.3 is 0 Å². The van der Waals surface area contributed by atoms with Crippen molar-refractivity contribution in [1.29, 1.82) is 0 Å². The van der Waals surface area contributed by atoms with Crippen molar-refractivity contribution in [1.82, 2.24) is 0 Å². The zero-order valence-electron chi connectivity index (χ0n) is 9.08. The van der Waals surface area contributed by atoms with Gasteiger partial charge in [-0.3, -0.25) is 0 Å². The van der Waals surface area contributed by atoms with Crippen LogP contribution < -0.4 is 0 Å². The summed E-state index contributed by atoms with van der Waals surface area (Å²) in [5, 5.41) is 0. The fourth-order valence-electron chi connectivity index (χ4n) is 1.63. The van der Waals surface area contributed by atoms with Crippen molar-refractivity contribution in [2.45, 2.75) is 12.8 Å². The van der Waals surface area contributed by atoms with E-state index in [0.717, 1.165) is 0 Å². The molecule has 13 heavy (non-hydrogen) atoms. The van der Waals surface area contributed by atoms with E-state index < -0.39 is 0 Å². The van der Waals surface area contributed by atoms with Crippen molar-refractivity contribution in [3.05, 3.63) is 35.9 Å². The van der Waals surface area contributed by atoms with Crippen molar-refractivity contribution in [3.8, 4) is 0 Å². The fourth-order valence-corrected chi connectivity index (χ4v) is 3.32. The Morgan fingerprint density at radius 1 is 1.08 bits per heavy atom. The first-order valence-electron chi connectivity index (χ1n) is 4.70. The second-order valence-electron chi connectivity index (χ2n) is 4.57. The molecule has 0 saturated carbocycles. The molecule has 0 heterocycles. The Hall–Kier alpha value is -0.430. The minimum atomic E-state index is -0.372. The molecule has 0 amide bonds. The van der Waals surface area contributed by atoms with Gasteiger partial charge in [0.25, 0.3) is 0 Å². The van der Waals surface area contributed by atoms with E-state index in [1.165, 1.54) is 11.3 Å². The SMILES string of the molecule is CC(CS(C)(C)C)c1ccccc1. The van der Waals surface area contributed by atoms with Gasteiger partial charge in [0, 0.05) is 0 Å². The van der Waals surface area contributed by atoms with Gasteiger partial charge in [0.1, 0.15) is 0 Å². The highest BCUT2D eigenvalue weighted by atomic mass is 32.3. The Morgan fingerprint density at radius 3 is 2.08 bits per heavy atom. The molecule has 74 valence electrons. The van der Waals surface area contributed by atoms with E-state index in [0.29, 0.717) is 5.92 Å². The van der Waals surface area contributed by atoms with Gasteiger partial charge in [0.15, 0.2) is 0 Å². The normalized spacial score (nSPS) is 15.4. The molecule has 0 spiro atoms. The summed E-state index contributed by atoms with van der Waals surface area (Å²) in [7, 11) is -0.372. The lowest BCUT2D eigenvalue weighted by Crippen LogP contribution is -2.06. The summed E-state index contributed by atoms with van der Waals surface area (Å²) in [6.07, 6.45) is 7.14. The predicted molar refractivity (Wildman–Crippen MR) is 65.1 cm³/mol. The second kappa shape index (κ2) is 4.19. The van der Waals surface area contributed by atoms with Crippen LogP contribution in [0.5, 0.6) is 0 Å². The summed E-state index contributed by atoms with van der Waals surface area (Å²) in [5.41, 5.74) is 1.48. The highest BCUT2D eigenvalue weighted by Crippen LogP contribution is 2.39.